The van der Waals surface area contributed by atoms with Gasteiger partial charge in [0.1, 0.15) is 0 Å². The van der Waals surface area contributed by atoms with Crippen molar-refractivity contribution in [1.82, 2.24) is 4.98 Å². The normalized spacial score (nSPS) is 12.0. The van der Waals surface area contributed by atoms with E-state index in [9.17, 15) is 18.0 Å². The lowest BCUT2D eigenvalue weighted by Gasteiger charge is -2.19. The molecular weight excluding hydrogens is 461 g/mol. The Balaban J connectivity index is 2.01. The number of hydrogen-bond donors (Lipinski definition) is 1. The zero-order valence-corrected chi connectivity index (χ0v) is 20.4. The van der Waals surface area contributed by atoms with Crippen LogP contribution in [0.1, 0.15) is 37.5 Å². The zero-order valence-electron chi connectivity index (χ0n) is 20.4. The molecule has 4 rings (SSSR count). The number of fused-ring (bicyclic) bond motifs is 1. The van der Waals surface area contributed by atoms with E-state index in [1.807, 2.05) is 42.5 Å². The van der Waals surface area contributed by atoms with Crippen molar-refractivity contribution >= 4 is 34.1 Å². The summed E-state index contributed by atoms with van der Waals surface area (Å²) in [7, 11) is 0. The van der Waals surface area contributed by atoms with Gasteiger partial charge in [-0.2, -0.15) is 13.2 Å². The van der Waals surface area contributed by atoms with E-state index in [2.05, 4.69) is 25.2 Å². The molecule has 0 saturated heterocycles. The fourth-order valence-electron chi connectivity index (χ4n) is 4.22. The van der Waals surface area contributed by atoms with Crippen LogP contribution >= 0.6 is 0 Å². The SMILES string of the molecule is CC(=O)/C=C/c1c(-c2ccccc2CC(C)C)nc2ccccc2c1Nc1cccc(C(F)(F)F)c1. The minimum atomic E-state index is -4.46. The predicted octanol–water partition coefficient (Wildman–Crippen LogP) is 8.46. The van der Waals surface area contributed by atoms with Crippen molar-refractivity contribution in [2.24, 2.45) is 5.92 Å². The highest BCUT2D eigenvalue weighted by Crippen LogP contribution is 2.39. The summed E-state index contributed by atoms with van der Waals surface area (Å²) >= 11 is 0. The van der Waals surface area contributed by atoms with E-state index in [0.717, 1.165) is 35.1 Å². The molecular formula is C30H27F3N2O. The van der Waals surface area contributed by atoms with Gasteiger partial charge in [-0.1, -0.05) is 62.4 Å². The summed E-state index contributed by atoms with van der Waals surface area (Å²) in [4.78, 5) is 16.9. The number of hydrogen-bond acceptors (Lipinski definition) is 3. The van der Waals surface area contributed by atoms with Gasteiger partial charge in [0, 0.05) is 22.2 Å². The van der Waals surface area contributed by atoms with Crippen LogP contribution in [0.15, 0.2) is 78.9 Å². The summed E-state index contributed by atoms with van der Waals surface area (Å²) in [5.41, 5.74) is 4.17. The van der Waals surface area contributed by atoms with Gasteiger partial charge in [-0.25, -0.2) is 4.98 Å². The number of rotatable bonds is 7. The Morgan fingerprint density at radius 2 is 1.72 bits per heavy atom. The Labute approximate surface area is 208 Å². The molecule has 0 saturated carbocycles. The van der Waals surface area contributed by atoms with E-state index in [1.165, 1.54) is 19.1 Å². The molecule has 0 spiro atoms. The van der Waals surface area contributed by atoms with Crippen LogP contribution in [0, 0.1) is 5.92 Å². The Morgan fingerprint density at radius 3 is 2.44 bits per heavy atom. The van der Waals surface area contributed by atoms with E-state index >= 15 is 0 Å². The van der Waals surface area contributed by atoms with E-state index in [0.29, 0.717) is 34.1 Å². The van der Waals surface area contributed by atoms with E-state index in [4.69, 9.17) is 4.98 Å². The number of nitrogens with one attached hydrogen (secondary N) is 1. The van der Waals surface area contributed by atoms with Gasteiger partial charge >= 0.3 is 6.18 Å². The number of aromatic nitrogens is 1. The van der Waals surface area contributed by atoms with Crippen molar-refractivity contribution in [3.05, 3.63) is 95.6 Å². The average Bonchev–Trinajstić information content (AvgIpc) is 2.82. The number of halogens is 3. The maximum absolute atomic E-state index is 13.4. The molecule has 0 aliphatic rings. The van der Waals surface area contributed by atoms with Crippen LogP contribution in [0.5, 0.6) is 0 Å². The zero-order chi connectivity index (χ0) is 25.9. The van der Waals surface area contributed by atoms with Crippen LogP contribution in [0.4, 0.5) is 24.5 Å². The molecule has 0 amide bonds. The molecule has 4 aromatic rings. The summed E-state index contributed by atoms with van der Waals surface area (Å²) in [6.07, 6.45) is -0.482. The second-order valence-corrected chi connectivity index (χ2v) is 9.17. The van der Waals surface area contributed by atoms with Crippen LogP contribution in [-0.4, -0.2) is 10.8 Å². The number of carbonyl (C=O) groups excluding carboxylic acids is 1. The lowest BCUT2D eigenvalue weighted by molar-refractivity contribution is -0.137. The summed E-state index contributed by atoms with van der Waals surface area (Å²) in [5.74, 6) is 0.264. The van der Waals surface area contributed by atoms with E-state index in [1.54, 1.807) is 12.1 Å². The highest BCUT2D eigenvalue weighted by molar-refractivity contribution is 6.03. The first-order valence-corrected chi connectivity index (χ1v) is 11.8. The van der Waals surface area contributed by atoms with Gasteiger partial charge in [-0.3, -0.25) is 4.79 Å². The fraction of sp³-hybridized carbons (Fsp3) is 0.200. The summed E-state index contributed by atoms with van der Waals surface area (Å²) in [5, 5.41) is 3.96. The van der Waals surface area contributed by atoms with Crippen LogP contribution in [0.25, 0.3) is 28.2 Å². The standard InChI is InChI=1S/C30H27F3N2O/c1-19(2)17-21-9-4-5-12-24(21)28-26(16-15-20(3)36)29(25-13-6-7-14-27(25)35-28)34-23-11-8-10-22(18-23)30(31,32)33/h4-16,18-19H,17H2,1-3H3,(H,34,35)/b16-15+. The molecule has 0 aliphatic carbocycles. The van der Waals surface area contributed by atoms with Crippen molar-refractivity contribution in [2.75, 3.05) is 5.32 Å². The summed E-state index contributed by atoms with van der Waals surface area (Å²) in [6.45, 7) is 5.74. The van der Waals surface area contributed by atoms with Crippen molar-refractivity contribution in [2.45, 2.75) is 33.4 Å². The van der Waals surface area contributed by atoms with Crippen molar-refractivity contribution in [1.29, 1.82) is 0 Å². The van der Waals surface area contributed by atoms with E-state index < -0.39 is 11.7 Å². The smallest absolute Gasteiger partial charge is 0.354 e. The quantitative estimate of drug-likeness (QED) is 0.265. The molecule has 0 bridgehead atoms. The number of anilines is 2. The first-order chi connectivity index (χ1) is 17.1. The van der Waals surface area contributed by atoms with Crippen molar-refractivity contribution in [3.63, 3.8) is 0 Å². The fourth-order valence-corrected chi connectivity index (χ4v) is 4.22. The third-order valence-corrected chi connectivity index (χ3v) is 5.77. The average molecular weight is 489 g/mol. The predicted molar refractivity (Wildman–Crippen MR) is 140 cm³/mol. The third kappa shape index (κ3) is 5.65. The number of carbonyl (C=O) groups is 1. The summed E-state index contributed by atoms with van der Waals surface area (Å²) in [6, 6.07) is 20.5. The Hall–Kier alpha value is -3.93. The van der Waals surface area contributed by atoms with Gasteiger partial charge in [0.25, 0.3) is 0 Å². The molecule has 1 heterocycles. The van der Waals surface area contributed by atoms with E-state index in [-0.39, 0.29) is 5.78 Å². The molecule has 0 atom stereocenters. The minimum Gasteiger partial charge on any atom is -0.354 e. The second kappa shape index (κ2) is 10.4. The largest absolute Gasteiger partial charge is 0.416 e. The minimum absolute atomic E-state index is 0.144. The van der Waals surface area contributed by atoms with Crippen molar-refractivity contribution < 1.29 is 18.0 Å². The van der Waals surface area contributed by atoms with Crippen LogP contribution in [-0.2, 0) is 17.4 Å². The third-order valence-electron chi connectivity index (χ3n) is 5.77. The number of nitrogens with zero attached hydrogens (tertiary/aromatic N) is 1. The maximum atomic E-state index is 13.4. The van der Waals surface area contributed by atoms with Crippen LogP contribution in [0.3, 0.4) is 0 Å². The van der Waals surface area contributed by atoms with Crippen LogP contribution < -0.4 is 5.32 Å². The lowest BCUT2D eigenvalue weighted by Crippen LogP contribution is -2.06. The van der Waals surface area contributed by atoms with Gasteiger partial charge < -0.3 is 5.32 Å². The summed E-state index contributed by atoms with van der Waals surface area (Å²) < 4.78 is 40.2. The second-order valence-electron chi connectivity index (χ2n) is 9.17. The van der Waals surface area contributed by atoms with Gasteiger partial charge in [-0.15, -0.1) is 0 Å². The number of pyridine rings is 1. The Bertz CT molecular complexity index is 1440. The Morgan fingerprint density at radius 1 is 1.00 bits per heavy atom. The molecule has 0 radical (unpaired) electrons. The topological polar surface area (TPSA) is 42.0 Å². The molecule has 0 fully saturated rings. The number of allylic oxidation sites excluding steroid dienone is 1. The lowest BCUT2D eigenvalue weighted by atomic mass is 9.92. The first-order valence-electron chi connectivity index (χ1n) is 11.8. The molecule has 3 aromatic carbocycles. The highest BCUT2D eigenvalue weighted by atomic mass is 19.4. The molecule has 0 aliphatic heterocycles. The molecule has 3 nitrogen and oxygen atoms in total. The van der Waals surface area contributed by atoms with Gasteiger partial charge in [0.2, 0.25) is 0 Å². The molecule has 1 aromatic heterocycles. The number of ketones is 1. The molecule has 1 N–H and O–H groups in total. The molecule has 36 heavy (non-hydrogen) atoms. The molecule has 184 valence electrons. The van der Waals surface area contributed by atoms with Gasteiger partial charge in [0.05, 0.1) is 22.5 Å². The number of para-hydroxylation sites is 1. The Kier molecular flexibility index (Phi) is 7.25. The monoisotopic (exact) mass is 488 g/mol. The highest BCUT2D eigenvalue weighted by Gasteiger charge is 2.30. The van der Waals surface area contributed by atoms with Gasteiger partial charge in [-0.05, 0) is 61.2 Å². The number of benzene rings is 3. The first kappa shape index (κ1) is 25.2. The molecule has 6 heteroatoms. The van der Waals surface area contributed by atoms with Crippen molar-refractivity contribution in [3.8, 4) is 11.3 Å². The van der Waals surface area contributed by atoms with Crippen LogP contribution in [0.2, 0.25) is 0 Å². The maximum Gasteiger partial charge on any atom is 0.416 e. The van der Waals surface area contributed by atoms with Gasteiger partial charge in [0.15, 0.2) is 5.78 Å². The molecule has 0 unspecified atom stereocenters. The number of alkyl halides is 3.